The monoisotopic (exact) mass is 327 g/mol. The van der Waals surface area contributed by atoms with Crippen molar-refractivity contribution >= 4 is 5.82 Å². The number of benzene rings is 1. The summed E-state index contributed by atoms with van der Waals surface area (Å²) in [5.41, 5.74) is 13.0. The first-order valence-electron chi connectivity index (χ1n) is 8.45. The molecule has 6 heteroatoms. The fourth-order valence-electron chi connectivity index (χ4n) is 3.33. The van der Waals surface area contributed by atoms with Crippen molar-refractivity contribution in [2.45, 2.75) is 25.8 Å². The largest absolute Gasteiger partial charge is 0.383 e. The number of hydrogen-bond donors (Lipinski definition) is 2. The van der Waals surface area contributed by atoms with Crippen molar-refractivity contribution in [2.24, 2.45) is 11.7 Å². The molecule has 2 atom stereocenters. The summed E-state index contributed by atoms with van der Waals surface area (Å²) in [6, 6.07) is 10.2. The van der Waals surface area contributed by atoms with E-state index in [1.54, 1.807) is 12.3 Å². The Morgan fingerprint density at radius 1 is 1.29 bits per heavy atom. The van der Waals surface area contributed by atoms with Crippen LogP contribution in [0.4, 0.5) is 5.82 Å². The van der Waals surface area contributed by atoms with Crippen molar-refractivity contribution in [1.29, 1.82) is 0 Å². The molecular weight excluding hydrogens is 302 g/mol. The fourth-order valence-corrected chi connectivity index (χ4v) is 3.33. The van der Waals surface area contributed by atoms with E-state index < -0.39 is 0 Å². The summed E-state index contributed by atoms with van der Waals surface area (Å²) in [6.07, 6.45) is 3.85. The van der Waals surface area contributed by atoms with Crippen molar-refractivity contribution in [3.05, 3.63) is 52.6 Å². The summed E-state index contributed by atoms with van der Waals surface area (Å²) in [5.74, 6) is 0.878. The van der Waals surface area contributed by atoms with E-state index in [4.69, 9.17) is 11.5 Å². The smallest absolute Gasteiger partial charge is 0.354 e. The highest BCUT2D eigenvalue weighted by atomic mass is 16.1. The van der Waals surface area contributed by atoms with Crippen LogP contribution < -0.4 is 17.2 Å². The Kier molecular flexibility index (Phi) is 4.97. The molecule has 1 aliphatic heterocycles. The van der Waals surface area contributed by atoms with Crippen LogP contribution in [0.15, 0.2) is 41.3 Å². The topological polar surface area (TPSA) is 90.2 Å². The van der Waals surface area contributed by atoms with E-state index in [0.717, 1.165) is 31.7 Å². The maximum absolute atomic E-state index is 11.9. The summed E-state index contributed by atoms with van der Waals surface area (Å²) >= 11 is 0. The number of nitrogens with two attached hydrogens (primary N) is 2. The molecule has 2 aromatic rings. The maximum Gasteiger partial charge on any atom is 0.354 e. The van der Waals surface area contributed by atoms with Gasteiger partial charge in [0.05, 0.1) is 5.69 Å². The Hall–Kier alpha value is -2.18. The second-order valence-electron chi connectivity index (χ2n) is 6.61. The molecule has 1 aromatic carbocycles. The number of hydrogen-bond acceptors (Lipinski definition) is 5. The standard InChI is InChI=1S/C18H25N5O/c1-13(22-8-6-15(11-19)12-22)10-14-2-4-16(5-3-14)23-9-7-17(20)21-18(23)24/h2-5,7,9,13,15H,6,8,10-12,19H2,1H3,(H2,20,21,24). The van der Waals surface area contributed by atoms with Gasteiger partial charge in [0.1, 0.15) is 5.82 Å². The molecule has 0 aliphatic carbocycles. The van der Waals surface area contributed by atoms with Crippen LogP contribution in [-0.4, -0.2) is 40.1 Å². The van der Waals surface area contributed by atoms with Gasteiger partial charge in [0.15, 0.2) is 0 Å². The number of likely N-dealkylation sites (tertiary alicyclic amines) is 1. The Balaban J connectivity index is 1.67. The van der Waals surface area contributed by atoms with Crippen LogP contribution in [0.1, 0.15) is 18.9 Å². The molecule has 2 heterocycles. The fraction of sp³-hybridized carbons (Fsp3) is 0.444. The first-order valence-corrected chi connectivity index (χ1v) is 8.45. The summed E-state index contributed by atoms with van der Waals surface area (Å²) in [6.45, 7) is 5.28. The van der Waals surface area contributed by atoms with Gasteiger partial charge in [-0.1, -0.05) is 12.1 Å². The van der Waals surface area contributed by atoms with Crippen molar-refractivity contribution in [1.82, 2.24) is 14.5 Å². The quantitative estimate of drug-likeness (QED) is 0.856. The Morgan fingerprint density at radius 3 is 2.67 bits per heavy atom. The lowest BCUT2D eigenvalue weighted by molar-refractivity contribution is 0.248. The van der Waals surface area contributed by atoms with Gasteiger partial charge in [0.2, 0.25) is 0 Å². The van der Waals surface area contributed by atoms with Gasteiger partial charge in [-0.3, -0.25) is 9.47 Å². The van der Waals surface area contributed by atoms with E-state index >= 15 is 0 Å². The van der Waals surface area contributed by atoms with Crippen LogP contribution in [0.3, 0.4) is 0 Å². The Bertz CT molecular complexity index is 740. The highest BCUT2D eigenvalue weighted by Gasteiger charge is 2.24. The molecule has 3 rings (SSSR count). The molecule has 4 N–H and O–H groups in total. The summed E-state index contributed by atoms with van der Waals surface area (Å²) in [4.78, 5) is 18.2. The molecule has 0 saturated carbocycles. The van der Waals surface area contributed by atoms with Crippen LogP contribution in [0.2, 0.25) is 0 Å². The maximum atomic E-state index is 11.9. The molecule has 128 valence electrons. The van der Waals surface area contributed by atoms with Gasteiger partial charge in [0.25, 0.3) is 0 Å². The van der Waals surface area contributed by atoms with Crippen molar-refractivity contribution < 1.29 is 0 Å². The minimum Gasteiger partial charge on any atom is -0.383 e. The number of anilines is 1. The number of nitrogen functional groups attached to an aromatic ring is 1. The van der Waals surface area contributed by atoms with Crippen molar-refractivity contribution in [2.75, 3.05) is 25.4 Å². The van der Waals surface area contributed by atoms with Gasteiger partial charge >= 0.3 is 5.69 Å². The van der Waals surface area contributed by atoms with E-state index in [1.807, 2.05) is 12.1 Å². The zero-order valence-electron chi connectivity index (χ0n) is 14.1. The molecule has 0 bridgehead atoms. The molecule has 1 fully saturated rings. The number of rotatable bonds is 5. The third-order valence-electron chi connectivity index (χ3n) is 4.84. The average Bonchev–Trinajstić information content (AvgIpc) is 3.05. The Morgan fingerprint density at radius 2 is 2.04 bits per heavy atom. The molecule has 0 radical (unpaired) electrons. The highest BCUT2D eigenvalue weighted by Crippen LogP contribution is 2.20. The average molecular weight is 327 g/mol. The van der Waals surface area contributed by atoms with Gasteiger partial charge < -0.3 is 11.5 Å². The molecule has 0 spiro atoms. The van der Waals surface area contributed by atoms with E-state index in [1.165, 1.54) is 16.6 Å². The van der Waals surface area contributed by atoms with E-state index in [9.17, 15) is 4.79 Å². The second-order valence-corrected chi connectivity index (χ2v) is 6.61. The normalized spacial score (nSPS) is 19.5. The number of aromatic nitrogens is 2. The van der Waals surface area contributed by atoms with Crippen LogP contribution >= 0.6 is 0 Å². The summed E-state index contributed by atoms with van der Waals surface area (Å²) < 4.78 is 1.50. The third kappa shape index (κ3) is 3.66. The minimum absolute atomic E-state index is 0.239. The first-order chi connectivity index (χ1) is 11.6. The zero-order valence-corrected chi connectivity index (χ0v) is 14.1. The third-order valence-corrected chi connectivity index (χ3v) is 4.84. The molecule has 1 aliphatic rings. The minimum atomic E-state index is -0.360. The van der Waals surface area contributed by atoms with E-state index in [2.05, 4.69) is 28.9 Å². The molecule has 1 saturated heterocycles. The highest BCUT2D eigenvalue weighted by molar-refractivity contribution is 5.36. The van der Waals surface area contributed by atoms with Crippen molar-refractivity contribution in [3.63, 3.8) is 0 Å². The zero-order chi connectivity index (χ0) is 17.1. The molecule has 1 aromatic heterocycles. The molecule has 2 unspecified atom stereocenters. The summed E-state index contributed by atoms with van der Waals surface area (Å²) in [7, 11) is 0. The van der Waals surface area contributed by atoms with E-state index in [-0.39, 0.29) is 11.5 Å². The molecule has 0 amide bonds. The molecular formula is C18H25N5O. The first kappa shape index (κ1) is 16.7. The predicted octanol–water partition coefficient (Wildman–Crippen LogP) is 1.03. The molecule has 24 heavy (non-hydrogen) atoms. The Labute approximate surface area is 142 Å². The lowest BCUT2D eigenvalue weighted by atomic mass is 10.1. The lowest BCUT2D eigenvalue weighted by Crippen LogP contribution is -2.33. The number of nitrogens with zero attached hydrogens (tertiary/aromatic N) is 3. The van der Waals surface area contributed by atoms with Crippen LogP contribution in [0.5, 0.6) is 0 Å². The van der Waals surface area contributed by atoms with Gasteiger partial charge in [-0.2, -0.15) is 4.98 Å². The van der Waals surface area contributed by atoms with Crippen LogP contribution in [0.25, 0.3) is 5.69 Å². The van der Waals surface area contributed by atoms with Crippen molar-refractivity contribution in [3.8, 4) is 5.69 Å². The van der Waals surface area contributed by atoms with Gasteiger partial charge in [-0.25, -0.2) is 4.79 Å². The SMILES string of the molecule is CC(Cc1ccc(-n2ccc(N)nc2=O)cc1)N1CCC(CN)C1. The van der Waals surface area contributed by atoms with Gasteiger partial charge in [-0.15, -0.1) is 0 Å². The second kappa shape index (κ2) is 7.15. The van der Waals surface area contributed by atoms with Gasteiger partial charge in [-0.05, 0) is 62.5 Å². The molecule has 6 nitrogen and oxygen atoms in total. The van der Waals surface area contributed by atoms with Crippen LogP contribution in [-0.2, 0) is 6.42 Å². The van der Waals surface area contributed by atoms with Gasteiger partial charge in [0, 0.05) is 18.8 Å². The summed E-state index contributed by atoms with van der Waals surface area (Å²) in [5, 5.41) is 0. The van der Waals surface area contributed by atoms with E-state index in [0.29, 0.717) is 12.0 Å². The lowest BCUT2D eigenvalue weighted by Gasteiger charge is -2.24. The predicted molar refractivity (Wildman–Crippen MR) is 96.1 cm³/mol. The van der Waals surface area contributed by atoms with Crippen LogP contribution in [0, 0.1) is 5.92 Å².